The largest absolute Gasteiger partial charge is 0.480 e. The van der Waals surface area contributed by atoms with Crippen LogP contribution < -0.4 is 15.0 Å². The second-order valence-electron chi connectivity index (χ2n) is 6.21. The van der Waals surface area contributed by atoms with E-state index < -0.39 is 0 Å². The van der Waals surface area contributed by atoms with Crippen molar-refractivity contribution in [2.24, 2.45) is 0 Å². The lowest BCUT2D eigenvalue weighted by atomic mass is 10.0. The highest BCUT2D eigenvalue weighted by Crippen LogP contribution is 2.37. The Morgan fingerprint density at radius 1 is 1.36 bits per heavy atom. The van der Waals surface area contributed by atoms with Gasteiger partial charge in [-0.2, -0.15) is 0 Å². The number of morpholine rings is 1. The van der Waals surface area contributed by atoms with E-state index in [1.807, 2.05) is 37.3 Å². The molecule has 130 valence electrons. The van der Waals surface area contributed by atoms with Gasteiger partial charge in [0.25, 0.3) is 5.91 Å². The highest BCUT2D eigenvalue weighted by molar-refractivity contribution is 6.31. The molecule has 1 aromatic heterocycles. The molecular formula is C18H18ClN3O3. The van der Waals surface area contributed by atoms with Crippen molar-refractivity contribution in [2.75, 3.05) is 30.0 Å². The summed E-state index contributed by atoms with van der Waals surface area (Å²) in [6.07, 6.45) is 1.72. The molecule has 2 aliphatic heterocycles. The van der Waals surface area contributed by atoms with Crippen LogP contribution in [0.15, 0.2) is 36.5 Å². The molecular weight excluding hydrogens is 342 g/mol. The Bertz CT molecular complexity index is 814. The van der Waals surface area contributed by atoms with Gasteiger partial charge in [-0.05, 0) is 18.6 Å². The van der Waals surface area contributed by atoms with Gasteiger partial charge in [0.15, 0.2) is 12.4 Å². The molecule has 2 aliphatic rings. The third kappa shape index (κ3) is 3.15. The normalized spacial score (nSPS) is 22.8. The molecule has 3 heterocycles. The summed E-state index contributed by atoms with van der Waals surface area (Å²) >= 11 is 6.40. The van der Waals surface area contributed by atoms with Crippen LogP contribution in [0.25, 0.3) is 0 Å². The Morgan fingerprint density at radius 2 is 2.20 bits per heavy atom. The Labute approximate surface area is 150 Å². The number of rotatable bonds is 2. The van der Waals surface area contributed by atoms with Crippen molar-refractivity contribution < 1.29 is 14.3 Å². The number of nitrogens with zero attached hydrogens (tertiary/aromatic N) is 2. The van der Waals surface area contributed by atoms with Gasteiger partial charge in [-0.1, -0.05) is 29.8 Å². The predicted molar refractivity (Wildman–Crippen MR) is 95.3 cm³/mol. The molecule has 1 amide bonds. The Morgan fingerprint density at radius 3 is 3.04 bits per heavy atom. The quantitative estimate of drug-likeness (QED) is 0.893. The zero-order valence-electron chi connectivity index (χ0n) is 13.7. The van der Waals surface area contributed by atoms with E-state index in [9.17, 15) is 4.79 Å². The van der Waals surface area contributed by atoms with Crippen LogP contribution in [0.4, 0.5) is 11.5 Å². The maximum absolute atomic E-state index is 11.6. The molecule has 0 saturated carbocycles. The van der Waals surface area contributed by atoms with Crippen molar-refractivity contribution in [2.45, 2.75) is 19.1 Å². The molecule has 2 atom stereocenters. The summed E-state index contributed by atoms with van der Waals surface area (Å²) < 4.78 is 11.2. The van der Waals surface area contributed by atoms with Crippen molar-refractivity contribution in [3.05, 3.63) is 47.1 Å². The first-order chi connectivity index (χ1) is 12.1. The SMILES string of the molecule is CC1CN(c2cc3c(cn2)OCC(=O)N3)C(c2ccccc2Cl)CO1. The number of benzene rings is 1. The molecule has 1 saturated heterocycles. The number of amides is 1. The van der Waals surface area contributed by atoms with Crippen molar-refractivity contribution in [1.82, 2.24) is 4.98 Å². The minimum absolute atomic E-state index is 0.0187. The fourth-order valence-electron chi connectivity index (χ4n) is 3.19. The molecule has 0 aliphatic carbocycles. The number of halogens is 1. The van der Waals surface area contributed by atoms with Gasteiger partial charge in [0.2, 0.25) is 0 Å². The first-order valence-electron chi connectivity index (χ1n) is 8.17. The van der Waals surface area contributed by atoms with Crippen LogP contribution >= 0.6 is 11.6 Å². The van der Waals surface area contributed by atoms with Crippen LogP contribution in [0, 0.1) is 0 Å². The van der Waals surface area contributed by atoms with E-state index in [1.165, 1.54) is 0 Å². The number of ether oxygens (including phenoxy) is 2. The number of nitrogens with one attached hydrogen (secondary N) is 1. The number of pyridine rings is 1. The van der Waals surface area contributed by atoms with Gasteiger partial charge in [-0.25, -0.2) is 4.98 Å². The lowest BCUT2D eigenvalue weighted by Crippen LogP contribution is -2.44. The second-order valence-corrected chi connectivity index (χ2v) is 6.62. The minimum Gasteiger partial charge on any atom is -0.480 e. The second kappa shape index (κ2) is 6.54. The number of aromatic nitrogens is 1. The third-order valence-corrected chi connectivity index (χ3v) is 4.76. The molecule has 4 rings (SSSR count). The molecule has 7 heteroatoms. The standard InChI is InChI=1S/C18H18ClN3O3/c1-11-8-22(15(9-24-11)12-4-2-3-5-13(12)19)17-6-14-16(7-20-17)25-10-18(23)21-14/h2-7,11,15H,8-10H2,1H3,(H,21,23). The van der Waals surface area contributed by atoms with E-state index in [0.29, 0.717) is 29.6 Å². The van der Waals surface area contributed by atoms with Crippen molar-refractivity contribution in [3.8, 4) is 5.75 Å². The van der Waals surface area contributed by atoms with E-state index in [2.05, 4.69) is 15.2 Å². The molecule has 0 bridgehead atoms. The van der Waals surface area contributed by atoms with Gasteiger partial charge in [0, 0.05) is 17.6 Å². The van der Waals surface area contributed by atoms with Gasteiger partial charge >= 0.3 is 0 Å². The third-order valence-electron chi connectivity index (χ3n) is 4.41. The summed E-state index contributed by atoms with van der Waals surface area (Å²) in [4.78, 5) is 18.3. The number of fused-ring (bicyclic) bond motifs is 1. The highest BCUT2D eigenvalue weighted by Gasteiger charge is 2.31. The summed E-state index contributed by atoms with van der Waals surface area (Å²) in [7, 11) is 0. The summed E-state index contributed by atoms with van der Waals surface area (Å²) in [5, 5.41) is 3.53. The van der Waals surface area contributed by atoms with Crippen LogP contribution in [0.5, 0.6) is 5.75 Å². The predicted octanol–water partition coefficient (Wildman–Crippen LogP) is 3.03. The van der Waals surface area contributed by atoms with Crippen molar-refractivity contribution in [3.63, 3.8) is 0 Å². The Kier molecular flexibility index (Phi) is 4.23. The Hall–Kier alpha value is -2.31. The van der Waals surface area contributed by atoms with Gasteiger partial charge in [-0.15, -0.1) is 0 Å². The fraction of sp³-hybridized carbons (Fsp3) is 0.333. The molecule has 2 unspecified atom stereocenters. The monoisotopic (exact) mass is 359 g/mol. The smallest absolute Gasteiger partial charge is 0.262 e. The lowest BCUT2D eigenvalue weighted by molar-refractivity contribution is -0.118. The summed E-state index contributed by atoms with van der Waals surface area (Å²) in [5.41, 5.74) is 1.63. The number of anilines is 2. The molecule has 1 fully saturated rings. The zero-order chi connectivity index (χ0) is 17.4. The minimum atomic E-state index is -0.164. The van der Waals surface area contributed by atoms with Gasteiger partial charge in [0.05, 0.1) is 30.6 Å². The average Bonchev–Trinajstić information content (AvgIpc) is 2.62. The topological polar surface area (TPSA) is 63.7 Å². The number of hydrogen-bond donors (Lipinski definition) is 1. The Balaban J connectivity index is 1.71. The van der Waals surface area contributed by atoms with E-state index in [0.717, 1.165) is 11.4 Å². The molecule has 1 N–H and O–H groups in total. The maximum Gasteiger partial charge on any atom is 0.262 e. The van der Waals surface area contributed by atoms with Gasteiger partial charge in [-0.3, -0.25) is 4.79 Å². The highest BCUT2D eigenvalue weighted by atomic mass is 35.5. The van der Waals surface area contributed by atoms with E-state index >= 15 is 0 Å². The summed E-state index contributed by atoms with van der Waals surface area (Å²) in [6.45, 7) is 3.24. The van der Waals surface area contributed by atoms with E-state index in [-0.39, 0.29) is 24.7 Å². The lowest BCUT2D eigenvalue weighted by Gasteiger charge is -2.40. The maximum atomic E-state index is 11.6. The number of carbonyl (C=O) groups excluding carboxylic acids is 1. The van der Waals surface area contributed by atoms with Gasteiger partial charge in [0.1, 0.15) is 5.82 Å². The van der Waals surface area contributed by atoms with Crippen molar-refractivity contribution >= 4 is 29.0 Å². The van der Waals surface area contributed by atoms with Crippen LogP contribution in [0.1, 0.15) is 18.5 Å². The number of carbonyl (C=O) groups is 1. The first kappa shape index (κ1) is 16.2. The van der Waals surface area contributed by atoms with Crippen LogP contribution in [-0.2, 0) is 9.53 Å². The van der Waals surface area contributed by atoms with E-state index in [1.54, 1.807) is 6.20 Å². The number of hydrogen-bond acceptors (Lipinski definition) is 5. The molecule has 0 radical (unpaired) electrons. The zero-order valence-corrected chi connectivity index (χ0v) is 14.5. The fourth-order valence-corrected chi connectivity index (χ4v) is 3.45. The first-order valence-corrected chi connectivity index (χ1v) is 8.55. The molecule has 1 aromatic carbocycles. The molecule has 2 aromatic rings. The van der Waals surface area contributed by atoms with Gasteiger partial charge < -0.3 is 19.7 Å². The average molecular weight is 360 g/mol. The van der Waals surface area contributed by atoms with Crippen LogP contribution in [0.3, 0.4) is 0 Å². The summed E-state index contributed by atoms with van der Waals surface area (Å²) in [5.74, 6) is 1.17. The van der Waals surface area contributed by atoms with E-state index in [4.69, 9.17) is 21.1 Å². The van der Waals surface area contributed by atoms with Crippen LogP contribution in [0.2, 0.25) is 5.02 Å². The molecule has 6 nitrogen and oxygen atoms in total. The molecule has 25 heavy (non-hydrogen) atoms. The van der Waals surface area contributed by atoms with Crippen LogP contribution in [-0.4, -0.2) is 36.8 Å². The summed E-state index contributed by atoms with van der Waals surface area (Å²) in [6, 6.07) is 9.55. The molecule has 0 spiro atoms. The van der Waals surface area contributed by atoms with Crippen molar-refractivity contribution in [1.29, 1.82) is 0 Å².